The predicted octanol–water partition coefficient (Wildman–Crippen LogP) is 6.43. The summed E-state index contributed by atoms with van der Waals surface area (Å²) in [5.74, 6) is -0.267. The van der Waals surface area contributed by atoms with Crippen LogP contribution in [0.1, 0.15) is 27.2 Å². The molecule has 0 fully saturated rings. The van der Waals surface area contributed by atoms with Crippen molar-refractivity contribution in [2.45, 2.75) is 20.1 Å². The molecule has 4 heteroatoms. The zero-order valence-electron chi connectivity index (χ0n) is 17.8. The third kappa shape index (κ3) is 3.71. The van der Waals surface area contributed by atoms with Crippen molar-refractivity contribution in [1.82, 2.24) is 4.57 Å². The van der Waals surface area contributed by atoms with E-state index in [9.17, 15) is 9.90 Å². The Morgan fingerprint density at radius 1 is 0.844 bits per heavy atom. The number of carbonyl (C=O) groups is 1. The summed E-state index contributed by atoms with van der Waals surface area (Å²) in [6.07, 6.45) is 0. The SMILES string of the molecule is Cc1c(C(=O)O)c2cc(OCc3ccccc3)ccc2n1Cc1ccc2ccccc2c1. The summed E-state index contributed by atoms with van der Waals surface area (Å²) in [6, 6.07) is 30.3. The number of nitrogens with zero attached hydrogens (tertiary/aromatic N) is 1. The molecule has 0 unspecified atom stereocenters. The number of rotatable bonds is 6. The van der Waals surface area contributed by atoms with Crippen molar-refractivity contribution in [3.63, 3.8) is 0 Å². The Hall–Kier alpha value is -4.05. The first-order chi connectivity index (χ1) is 15.6. The van der Waals surface area contributed by atoms with Gasteiger partial charge in [0, 0.05) is 23.1 Å². The second-order valence-electron chi connectivity index (χ2n) is 7.99. The van der Waals surface area contributed by atoms with Crippen LogP contribution >= 0.6 is 0 Å². The third-order valence-electron chi connectivity index (χ3n) is 5.91. The van der Waals surface area contributed by atoms with Gasteiger partial charge in [-0.2, -0.15) is 0 Å². The first-order valence-electron chi connectivity index (χ1n) is 10.6. The zero-order chi connectivity index (χ0) is 22.1. The van der Waals surface area contributed by atoms with Crippen LogP contribution in [0.2, 0.25) is 0 Å². The van der Waals surface area contributed by atoms with Crippen LogP contribution in [0.4, 0.5) is 0 Å². The Morgan fingerprint density at radius 2 is 1.59 bits per heavy atom. The minimum atomic E-state index is -0.926. The summed E-state index contributed by atoms with van der Waals surface area (Å²) >= 11 is 0. The lowest BCUT2D eigenvalue weighted by molar-refractivity contribution is 0.0698. The van der Waals surface area contributed by atoms with E-state index in [2.05, 4.69) is 34.9 Å². The molecule has 158 valence electrons. The molecular formula is C28H23NO3. The van der Waals surface area contributed by atoms with Gasteiger partial charge in [-0.15, -0.1) is 0 Å². The van der Waals surface area contributed by atoms with Gasteiger partial charge in [0.1, 0.15) is 12.4 Å². The number of aromatic nitrogens is 1. The zero-order valence-corrected chi connectivity index (χ0v) is 17.8. The number of benzene rings is 4. The minimum Gasteiger partial charge on any atom is -0.489 e. The summed E-state index contributed by atoms with van der Waals surface area (Å²) in [6.45, 7) is 2.91. The van der Waals surface area contributed by atoms with Gasteiger partial charge in [0.15, 0.2) is 0 Å². The average molecular weight is 421 g/mol. The molecule has 32 heavy (non-hydrogen) atoms. The molecule has 0 aliphatic carbocycles. The molecule has 5 aromatic rings. The van der Waals surface area contributed by atoms with Gasteiger partial charge in [0.05, 0.1) is 5.56 Å². The minimum absolute atomic E-state index is 0.325. The Balaban J connectivity index is 1.52. The highest BCUT2D eigenvalue weighted by molar-refractivity contribution is 6.05. The Labute approximate surface area is 186 Å². The molecule has 1 heterocycles. The van der Waals surface area contributed by atoms with Crippen molar-refractivity contribution in [3.05, 3.63) is 113 Å². The maximum Gasteiger partial charge on any atom is 0.338 e. The van der Waals surface area contributed by atoms with Gasteiger partial charge < -0.3 is 14.4 Å². The van der Waals surface area contributed by atoms with Crippen molar-refractivity contribution < 1.29 is 14.6 Å². The first-order valence-corrected chi connectivity index (χ1v) is 10.6. The van der Waals surface area contributed by atoms with Crippen molar-refractivity contribution in [1.29, 1.82) is 0 Å². The molecule has 0 saturated carbocycles. The summed E-state index contributed by atoms with van der Waals surface area (Å²) in [7, 11) is 0. The monoisotopic (exact) mass is 421 g/mol. The normalized spacial score (nSPS) is 11.2. The second kappa shape index (κ2) is 8.23. The Bertz CT molecular complexity index is 1430. The van der Waals surface area contributed by atoms with E-state index in [-0.39, 0.29) is 0 Å². The number of hydrogen-bond donors (Lipinski definition) is 1. The van der Waals surface area contributed by atoms with Gasteiger partial charge in [-0.1, -0.05) is 66.7 Å². The van der Waals surface area contributed by atoms with Gasteiger partial charge >= 0.3 is 5.97 Å². The molecular weight excluding hydrogens is 398 g/mol. The van der Waals surface area contributed by atoms with E-state index in [0.717, 1.165) is 22.3 Å². The molecule has 0 amide bonds. The van der Waals surface area contributed by atoms with E-state index < -0.39 is 5.97 Å². The molecule has 0 radical (unpaired) electrons. The molecule has 0 bridgehead atoms. The van der Waals surface area contributed by atoms with Crippen LogP contribution in [0.5, 0.6) is 5.75 Å². The van der Waals surface area contributed by atoms with Crippen LogP contribution in [-0.2, 0) is 13.2 Å². The van der Waals surface area contributed by atoms with Crippen LogP contribution in [0.15, 0.2) is 91.0 Å². The van der Waals surface area contributed by atoms with Crippen molar-refractivity contribution in [2.75, 3.05) is 0 Å². The van der Waals surface area contributed by atoms with E-state index in [1.165, 1.54) is 10.8 Å². The molecule has 0 aliphatic rings. The lowest BCUT2D eigenvalue weighted by Crippen LogP contribution is -2.04. The number of carboxylic acids is 1. The molecule has 0 atom stereocenters. The Kier molecular flexibility index (Phi) is 5.12. The van der Waals surface area contributed by atoms with E-state index in [4.69, 9.17) is 4.74 Å². The van der Waals surface area contributed by atoms with Gasteiger partial charge in [-0.05, 0) is 53.1 Å². The number of aromatic carboxylic acids is 1. The lowest BCUT2D eigenvalue weighted by atomic mass is 10.1. The highest BCUT2D eigenvalue weighted by Crippen LogP contribution is 2.31. The van der Waals surface area contributed by atoms with Crippen molar-refractivity contribution in [2.24, 2.45) is 0 Å². The van der Waals surface area contributed by atoms with Gasteiger partial charge in [0.25, 0.3) is 0 Å². The lowest BCUT2D eigenvalue weighted by Gasteiger charge is -2.11. The average Bonchev–Trinajstić information content (AvgIpc) is 3.09. The quantitative estimate of drug-likeness (QED) is 0.344. The highest BCUT2D eigenvalue weighted by Gasteiger charge is 2.20. The maximum absolute atomic E-state index is 12.1. The summed E-state index contributed by atoms with van der Waals surface area (Å²) in [5.41, 5.74) is 4.15. The molecule has 5 rings (SSSR count). The van der Waals surface area contributed by atoms with E-state index in [1.54, 1.807) is 0 Å². The first kappa shape index (κ1) is 19.9. The topological polar surface area (TPSA) is 51.5 Å². The smallest absolute Gasteiger partial charge is 0.338 e. The number of hydrogen-bond acceptors (Lipinski definition) is 2. The number of carboxylic acid groups (broad SMARTS) is 1. The second-order valence-corrected chi connectivity index (χ2v) is 7.99. The number of ether oxygens (including phenoxy) is 1. The molecule has 0 spiro atoms. The highest BCUT2D eigenvalue weighted by atomic mass is 16.5. The van der Waals surface area contributed by atoms with Gasteiger partial charge in [0.2, 0.25) is 0 Å². The summed E-state index contributed by atoms with van der Waals surface area (Å²) in [4.78, 5) is 12.1. The van der Waals surface area contributed by atoms with E-state index in [1.807, 2.05) is 67.6 Å². The fraction of sp³-hybridized carbons (Fsp3) is 0.107. The van der Waals surface area contributed by atoms with Crippen molar-refractivity contribution >= 4 is 27.6 Å². The van der Waals surface area contributed by atoms with Gasteiger partial charge in [-0.3, -0.25) is 0 Å². The number of fused-ring (bicyclic) bond motifs is 2. The van der Waals surface area contributed by atoms with E-state index in [0.29, 0.717) is 29.9 Å². The molecule has 0 aliphatic heterocycles. The third-order valence-corrected chi connectivity index (χ3v) is 5.91. The molecule has 0 saturated heterocycles. The summed E-state index contributed by atoms with van der Waals surface area (Å²) < 4.78 is 8.02. The summed E-state index contributed by atoms with van der Waals surface area (Å²) in [5, 5.41) is 13.0. The van der Waals surface area contributed by atoms with Crippen LogP contribution in [0.3, 0.4) is 0 Å². The molecule has 4 aromatic carbocycles. The van der Waals surface area contributed by atoms with E-state index >= 15 is 0 Å². The maximum atomic E-state index is 12.1. The fourth-order valence-electron chi connectivity index (χ4n) is 4.29. The Morgan fingerprint density at radius 3 is 2.38 bits per heavy atom. The van der Waals surface area contributed by atoms with Crippen LogP contribution in [0, 0.1) is 6.92 Å². The molecule has 4 nitrogen and oxygen atoms in total. The largest absolute Gasteiger partial charge is 0.489 e. The van der Waals surface area contributed by atoms with Crippen LogP contribution < -0.4 is 4.74 Å². The molecule has 1 aromatic heterocycles. The van der Waals surface area contributed by atoms with Crippen LogP contribution in [-0.4, -0.2) is 15.6 Å². The predicted molar refractivity (Wildman–Crippen MR) is 127 cm³/mol. The van der Waals surface area contributed by atoms with Gasteiger partial charge in [-0.25, -0.2) is 4.79 Å². The molecule has 1 N–H and O–H groups in total. The standard InChI is InChI=1S/C28H23NO3/c1-19-27(28(30)31)25-16-24(32-18-20-7-3-2-4-8-20)13-14-26(25)29(19)17-21-11-12-22-9-5-6-10-23(22)15-21/h2-16H,17-18H2,1H3,(H,30,31). The van der Waals surface area contributed by atoms with Crippen molar-refractivity contribution in [3.8, 4) is 5.75 Å². The fourth-order valence-corrected chi connectivity index (χ4v) is 4.29. The van der Waals surface area contributed by atoms with Crippen LogP contribution in [0.25, 0.3) is 21.7 Å².